The predicted octanol–water partition coefficient (Wildman–Crippen LogP) is 5.80. The zero-order chi connectivity index (χ0) is 15.4. The van der Waals surface area contributed by atoms with E-state index in [9.17, 15) is 4.39 Å². The summed E-state index contributed by atoms with van der Waals surface area (Å²) in [7, 11) is 0. The minimum atomic E-state index is -0.444. The van der Waals surface area contributed by atoms with Gasteiger partial charge in [0, 0.05) is 17.1 Å². The maximum absolute atomic E-state index is 14.0. The second-order valence-electron chi connectivity index (χ2n) is 4.34. The number of benzene rings is 2. The Morgan fingerprint density at radius 1 is 1.14 bits per heavy atom. The van der Waals surface area contributed by atoms with Crippen molar-refractivity contribution < 1.29 is 9.13 Å². The lowest BCUT2D eigenvalue weighted by Gasteiger charge is -2.11. The monoisotopic (exact) mass is 391 g/mol. The van der Waals surface area contributed by atoms with Gasteiger partial charge in [-0.3, -0.25) is 0 Å². The van der Waals surface area contributed by atoms with Crippen LogP contribution in [0.25, 0.3) is 0 Å². The SMILES string of the molecule is CCNCc1ccc(Oc2cc(Cl)c(Br)cc2Cl)c(F)c1. The van der Waals surface area contributed by atoms with Gasteiger partial charge in [0.05, 0.1) is 10.0 Å². The molecule has 0 radical (unpaired) electrons. The number of hydrogen-bond acceptors (Lipinski definition) is 2. The number of halogens is 4. The molecule has 0 aromatic heterocycles. The Balaban J connectivity index is 2.22. The minimum Gasteiger partial charge on any atom is -0.453 e. The number of hydrogen-bond donors (Lipinski definition) is 1. The van der Waals surface area contributed by atoms with Crippen LogP contribution in [-0.4, -0.2) is 6.54 Å². The largest absolute Gasteiger partial charge is 0.453 e. The first-order valence-corrected chi connectivity index (χ1v) is 7.87. The lowest BCUT2D eigenvalue weighted by atomic mass is 10.2. The molecule has 21 heavy (non-hydrogen) atoms. The molecule has 2 aromatic carbocycles. The average Bonchev–Trinajstić information content (AvgIpc) is 2.45. The highest BCUT2D eigenvalue weighted by molar-refractivity contribution is 9.10. The molecule has 112 valence electrons. The van der Waals surface area contributed by atoms with Crippen LogP contribution in [0.5, 0.6) is 11.5 Å². The molecule has 2 rings (SSSR count). The summed E-state index contributed by atoms with van der Waals surface area (Å²) in [6, 6.07) is 7.96. The van der Waals surface area contributed by atoms with Crippen LogP contribution in [0, 0.1) is 5.82 Å². The fraction of sp³-hybridized carbons (Fsp3) is 0.200. The molecule has 0 atom stereocenters. The van der Waals surface area contributed by atoms with Crippen LogP contribution in [0.3, 0.4) is 0 Å². The third-order valence-corrected chi connectivity index (χ3v) is 4.26. The van der Waals surface area contributed by atoms with Gasteiger partial charge < -0.3 is 10.1 Å². The average molecular weight is 393 g/mol. The molecule has 0 bridgehead atoms. The van der Waals surface area contributed by atoms with Gasteiger partial charge in [-0.25, -0.2) is 4.39 Å². The molecule has 1 N–H and O–H groups in total. The second-order valence-corrected chi connectivity index (χ2v) is 6.01. The minimum absolute atomic E-state index is 0.107. The Hall–Kier alpha value is -0.810. The van der Waals surface area contributed by atoms with Crippen molar-refractivity contribution in [2.24, 2.45) is 0 Å². The zero-order valence-electron chi connectivity index (χ0n) is 11.2. The lowest BCUT2D eigenvalue weighted by molar-refractivity contribution is 0.441. The Morgan fingerprint density at radius 2 is 1.90 bits per heavy atom. The van der Waals surface area contributed by atoms with Crippen LogP contribution in [0.4, 0.5) is 4.39 Å². The van der Waals surface area contributed by atoms with Crippen LogP contribution in [0.15, 0.2) is 34.8 Å². The van der Waals surface area contributed by atoms with E-state index in [-0.39, 0.29) is 5.75 Å². The van der Waals surface area contributed by atoms with E-state index >= 15 is 0 Å². The molecule has 2 aromatic rings. The van der Waals surface area contributed by atoms with Crippen molar-refractivity contribution in [3.8, 4) is 11.5 Å². The maximum atomic E-state index is 14.0. The smallest absolute Gasteiger partial charge is 0.166 e. The predicted molar refractivity (Wildman–Crippen MR) is 88.0 cm³/mol. The molecule has 0 saturated heterocycles. The summed E-state index contributed by atoms with van der Waals surface area (Å²) < 4.78 is 20.2. The highest BCUT2D eigenvalue weighted by atomic mass is 79.9. The van der Waals surface area contributed by atoms with Gasteiger partial charge in [-0.2, -0.15) is 0 Å². The molecule has 0 spiro atoms. The number of nitrogens with one attached hydrogen (secondary N) is 1. The van der Waals surface area contributed by atoms with E-state index < -0.39 is 5.82 Å². The van der Waals surface area contributed by atoms with Crippen molar-refractivity contribution in [1.29, 1.82) is 0 Å². The maximum Gasteiger partial charge on any atom is 0.166 e. The summed E-state index contributed by atoms with van der Waals surface area (Å²) in [5.41, 5.74) is 0.849. The molecule has 0 aliphatic carbocycles. The number of ether oxygens (including phenoxy) is 1. The van der Waals surface area contributed by atoms with Gasteiger partial charge >= 0.3 is 0 Å². The van der Waals surface area contributed by atoms with Crippen LogP contribution in [-0.2, 0) is 6.54 Å². The first kappa shape index (κ1) is 16.6. The molecular formula is C15H13BrCl2FNO. The zero-order valence-corrected chi connectivity index (χ0v) is 14.3. The van der Waals surface area contributed by atoms with E-state index in [1.165, 1.54) is 6.07 Å². The van der Waals surface area contributed by atoms with Crippen molar-refractivity contribution >= 4 is 39.1 Å². The van der Waals surface area contributed by atoms with Gasteiger partial charge in [-0.05, 0) is 46.2 Å². The highest BCUT2D eigenvalue weighted by Crippen LogP contribution is 2.37. The van der Waals surface area contributed by atoms with Gasteiger partial charge in [0.15, 0.2) is 11.6 Å². The molecule has 0 aliphatic heterocycles. The summed E-state index contributed by atoms with van der Waals surface area (Å²) >= 11 is 15.3. The fourth-order valence-electron chi connectivity index (χ4n) is 1.71. The molecule has 2 nitrogen and oxygen atoms in total. The summed E-state index contributed by atoms with van der Waals surface area (Å²) in [5.74, 6) is -0.0285. The van der Waals surface area contributed by atoms with E-state index in [2.05, 4.69) is 21.2 Å². The van der Waals surface area contributed by atoms with Gasteiger partial charge in [-0.1, -0.05) is 36.2 Å². The Kier molecular flexibility index (Phi) is 5.88. The number of rotatable bonds is 5. The van der Waals surface area contributed by atoms with Gasteiger partial charge in [0.25, 0.3) is 0 Å². The molecule has 0 unspecified atom stereocenters. The summed E-state index contributed by atoms with van der Waals surface area (Å²) in [5, 5.41) is 3.93. The van der Waals surface area contributed by atoms with Gasteiger partial charge in [0.2, 0.25) is 0 Å². The van der Waals surface area contributed by atoms with Gasteiger partial charge in [0.1, 0.15) is 5.75 Å². The molecule has 6 heteroatoms. The van der Waals surface area contributed by atoms with E-state index in [0.29, 0.717) is 26.8 Å². The van der Waals surface area contributed by atoms with Crippen LogP contribution in [0.1, 0.15) is 12.5 Å². The summed E-state index contributed by atoms with van der Waals surface area (Å²) in [6.07, 6.45) is 0. The van der Waals surface area contributed by atoms with E-state index in [0.717, 1.165) is 12.1 Å². The van der Waals surface area contributed by atoms with Crippen LogP contribution in [0.2, 0.25) is 10.0 Å². The summed E-state index contributed by atoms with van der Waals surface area (Å²) in [4.78, 5) is 0. The molecule has 0 saturated carbocycles. The van der Waals surface area contributed by atoms with Crippen molar-refractivity contribution in [2.75, 3.05) is 6.54 Å². The standard InChI is InChI=1S/C15H13BrCl2FNO/c1-2-20-8-9-3-4-14(13(19)5-9)21-15-7-11(17)10(16)6-12(15)18/h3-7,20H,2,8H2,1H3. The molecule has 0 heterocycles. The highest BCUT2D eigenvalue weighted by Gasteiger charge is 2.11. The Bertz CT molecular complexity index is 652. The van der Waals surface area contributed by atoms with Crippen LogP contribution >= 0.6 is 39.1 Å². The van der Waals surface area contributed by atoms with Crippen molar-refractivity contribution in [3.05, 3.63) is 56.2 Å². The third kappa shape index (κ3) is 4.33. The lowest BCUT2D eigenvalue weighted by Crippen LogP contribution is -2.11. The van der Waals surface area contributed by atoms with E-state index in [1.54, 1.807) is 24.3 Å². The third-order valence-electron chi connectivity index (χ3n) is 2.77. The first-order valence-electron chi connectivity index (χ1n) is 6.32. The van der Waals surface area contributed by atoms with Crippen LogP contribution < -0.4 is 10.1 Å². The Morgan fingerprint density at radius 3 is 2.57 bits per heavy atom. The first-order chi connectivity index (χ1) is 10.0. The van der Waals surface area contributed by atoms with Crippen molar-refractivity contribution in [1.82, 2.24) is 5.32 Å². The van der Waals surface area contributed by atoms with E-state index in [4.69, 9.17) is 27.9 Å². The van der Waals surface area contributed by atoms with Gasteiger partial charge in [-0.15, -0.1) is 0 Å². The van der Waals surface area contributed by atoms with Crippen molar-refractivity contribution in [2.45, 2.75) is 13.5 Å². The molecule has 0 amide bonds. The Labute approximate surface area is 141 Å². The fourth-order valence-corrected chi connectivity index (χ4v) is 2.54. The second kappa shape index (κ2) is 7.45. The molecule has 0 fully saturated rings. The quantitative estimate of drug-likeness (QED) is 0.649. The normalized spacial score (nSPS) is 10.7. The summed E-state index contributed by atoms with van der Waals surface area (Å²) in [6.45, 7) is 3.43. The molecule has 0 aliphatic rings. The van der Waals surface area contributed by atoms with E-state index in [1.807, 2.05) is 6.92 Å². The van der Waals surface area contributed by atoms with Crippen molar-refractivity contribution in [3.63, 3.8) is 0 Å². The molecular weight excluding hydrogens is 380 g/mol. The topological polar surface area (TPSA) is 21.3 Å².